The quantitative estimate of drug-likeness (QED) is 0.255. The molecule has 0 spiro atoms. The molecule has 0 aromatic carbocycles. The van der Waals surface area contributed by atoms with Crippen LogP contribution in [0.15, 0.2) is 0 Å². The first-order chi connectivity index (χ1) is 14.0. The van der Waals surface area contributed by atoms with Crippen LogP contribution in [0.2, 0.25) is 0 Å². The zero-order valence-electron chi connectivity index (χ0n) is 14.8. The van der Waals surface area contributed by atoms with Gasteiger partial charge in [-0.2, -0.15) is 79.0 Å². The van der Waals surface area contributed by atoms with Gasteiger partial charge in [0.05, 0.1) is 0 Å². The Morgan fingerprint density at radius 1 is 0.371 bits per heavy atom. The third-order valence-corrected chi connectivity index (χ3v) is 4.63. The predicted octanol–water partition coefficient (Wildman–Crippen LogP) is 3.53. The maximum absolute atomic E-state index is 12.2. The molecular formula is C8F18MgO6S2. The van der Waals surface area contributed by atoms with Gasteiger partial charge in [-0.15, -0.1) is 0 Å². The summed E-state index contributed by atoms with van der Waals surface area (Å²) in [4.78, 5) is 0. The van der Waals surface area contributed by atoms with Crippen LogP contribution in [0.5, 0.6) is 0 Å². The van der Waals surface area contributed by atoms with E-state index in [4.69, 9.17) is 0 Å². The van der Waals surface area contributed by atoms with Crippen LogP contribution in [0.3, 0.4) is 0 Å². The smallest absolute Gasteiger partial charge is 0.743 e. The molecule has 0 bridgehead atoms. The summed E-state index contributed by atoms with van der Waals surface area (Å²) in [5, 5.41) is -14.2. The van der Waals surface area contributed by atoms with Crippen LogP contribution < -0.4 is 0 Å². The molecule has 0 aromatic rings. The Balaban J connectivity index is -0.000000569. The van der Waals surface area contributed by atoms with Gasteiger partial charge in [0.15, 0.2) is 20.2 Å². The monoisotopic (exact) mass is 622 g/mol. The molecule has 0 aliphatic carbocycles. The van der Waals surface area contributed by atoms with E-state index in [1.807, 2.05) is 0 Å². The summed E-state index contributed by atoms with van der Waals surface area (Å²) in [6.45, 7) is 0. The predicted molar refractivity (Wildman–Crippen MR) is 66.9 cm³/mol. The topological polar surface area (TPSA) is 114 Å². The molecule has 0 N–H and O–H groups in total. The minimum atomic E-state index is -7.43. The molecule has 27 heteroatoms. The van der Waals surface area contributed by atoms with E-state index in [2.05, 4.69) is 0 Å². The molecule has 0 unspecified atom stereocenters. The van der Waals surface area contributed by atoms with Crippen LogP contribution in [-0.4, -0.2) is 95.5 Å². The van der Waals surface area contributed by atoms with Gasteiger partial charge in [0.2, 0.25) is 0 Å². The Morgan fingerprint density at radius 3 is 0.600 bits per heavy atom. The summed E-state index contributed by atoms with van der Waals surface area (Å²) < 4.78 is 271. The van der Waals surface area contributed by atoms with Crippen molar-refractivity contribution in [3.05, 3.63) is 0 Å². The molecule has 0 aliphatic heterocycles. The summed E-state index contributed by atoms with van der Waals surface area (Å²) >= 11 is 0. The average Bonchev–Trinajstić information content (AvgIpc) is 2.50. The van der Waals surface area contributed by atoms with E-state index in [1.165, 1.54) is 0 Å². The van der Waals surface area contributed by atoms with Crippen LogP contribution in [0.4, 0.5) is 79.0 Å². The van der Waals surface area contributed by atoms with E-state index in [0.717, 1.165) is 0 Å². The molecule has 6 nitrogen and oxygen atoms in total. The van der Waals surface area contributed by atoms with Gasteiger partial charge in [0, 0.05) is 0 Å². The molecule has 35 heavy (non-hydrogen) atoms. The van der Waals surface area contributed by atoms with Crippen LogP contribution in [-0.2, 0) is 20.2 Å². The fraction of sp³-hybridized carbons (Fsp3) is 1.00. The van der Waals surface area contributed by atoms with E-state index in [-0.39, 0.29) is 23.1 Å². The number of hydrogen-bond acceptors (Lipinski definition) is 6. The van der Waals surface area contributed by atoms with Gasteiger partial charge in [-0.05, 0) is 0 Å². The first-order valence-corrected chi connectivity index (χ1v) is 9.13. The molecule has 0 saturated heterocycles. The average molecular weight is 622 g/mol. The molecule has 0 radical (unpaired) electrons. The van der Waals surface area contributed by atoms with Gasteiger partial charge in [-0.3, -0.25) is 0 Å². The first kappa shape index (κ1) is 38.8. The number of hydrogen-bond donors (Lipinski definition) is 0. The van der Waals surface area contributed by atoms with Crippen molar-refractivity contribution >= 4 is 43.3 Å². The maximum Gasteiger partial charge on any atom is 2.00 e. The third-order valence-electron chi connectivity index (χ3n) is 2.86. The number of rotatable bonds is 6. The maximum atomic E-state index is 12.2. The summed E-state index contributed by atoms with van der Waals surface area (Å²) in [5.41, 5.74) is 0. The van der Waals surface area contributed by atoms with Crippen molar-refractivity contribution in [1.29, 1.82) is 0 Å². The number of halogens is 18. The van der Waals surface area contributed by atoms with Gasteiger partial charge in [0.25, 0.3) is 0 Å². The van der Waals surface area contributed by atoms with E-state index >= 15 is 0 Å². The molecule has 0 rings (SSSR count). The molecule has 0 atom stereocenters. The third kappa shape index (κ3) is 6.43. The second-order valence-corrected chi connectivity index (χ2v) is 8.08. The Labute approximate surface area is 195 Å². The molecular weight excluding hydrogens is 622 g/mol. The van der Waals surface area contributed by atoms with E-state index in [0.29, 0.717) is 0 Å². The second-order valence-electron chi connectivity index (χ2n) is 5.23. The number of alkyl halides is 18. The minimum absolute atomic E-state index is 0. The van der Waals surface area contributed by atoms with Crippen molar-refractivity contribution in [1.82, 2.24) is 0 Å². The van der Waals surface area contributed by atoms with Crippen molar-refractivity contribution in [2.75, 3.05) is 0 Å². The largest absolute Gasteiger partial charge is 2.00 e. The summed E-state index contributed by atoms with van der Waals surface area (Å²) in [5.74, 6) is -29.6. The standard InChI is InChI=1S/2C4HF9O3S.Mg/c2*5-1(6,3(9,10)11)2(7,8)4(12,13)17(14,15)16;/h2*(H,14,15,16);/q;;+2/p-2. The Kier molecular flexibility index (Phi) is 11.0. The molecule has 0 aliphatic rings. The molecule has 0 heterocycles. The van der Waals surface area contributed by atoms with Crippen molar-refractivity contribution < 1.29 is 105 Å². The van der Waals surface area contributed by atoms with E-state index in [1.54, 1.807) is 0 Å². The van der Waals surface area contributed by atoms with Gasteiger partial charge >= 0.3 is 69.6 Å². The van der Waals surface area contributed by atoms with Crippen molar-refractivity contribution in [3.8, 4) is 0 Å². The molecule has 208 valence electrons. The van der Waals surface area contributed by atoms with Crippen molar-refractivity contribution in [2.24, 2.45) is 0 Å². The zero-order chi connectivity index (χ0) is 29.0. The van der Waals surface area contributed by atoms with Gasteiger partial charge in [0.1, 0.15) is 0 Å². The summed E-state index contributed by atoms with van der Waals surface area (Å²) in [7, 11) is -14.8. The van der Waals surface area contributed by atoms with Crippen LogP contribution in [0.25, 0.3) is 0 Å². The van der Waals surface area contributed by atoms with Crippen LogP contribution in [0.1, 0.15) is 0 Å². The molecule has 0 amide bonds. The molecule has 0 aromatic heterocycles. The van der Waals surface area contributed by atoms with Crippen LogP contribution >= 0.6 is 0 Å². The van der Waals surface area contributed by atoms with E-state index < -0.39 is 66.8 Å². The summed E-state index contributed by atoms with van der Waals surface area (Å²) in [6, 6.07) is 0. The fourth-order valence-corrected chi connectivity index (χ4v) is 1.92. The van der Waals surface area contributed by atoms with Crippen LogP contribution in [0, 0.1) is 0 Å². The van der Waals surface area contributed by atoms with Gasteiger partial charge in [-0.1, -0.05) is 0 Å². The second kappa shape index (κ2) is 9.89. The Morgan fingerprint density at radius 2 is 0.514 bits per heavy atom. The van der Waals surface area contributed by atoms with E-state index in [9.17, 15) is 105 Å². The van der Waals surface area contributed by atoms with Gasteiger partial charge < -0.3 is 9.11 Å². The Hall–Kier alpha value is -0.674. The van der Waals surface area contributed by atoms with Crippen molar-refractivity contribution in [3.63, 3.8) is 0 Å². The SMILES string of the molecule is O=S(=O)([O-])C(F)(F)C(F)(F)C(F)(F)C(F)(F)F.O=S(=O)([O-])C(F)(F)C(F)(F)C(F)(F)C(F)(F)F.[Mg+2]. The van der Waals surface area contributed by atoms with Gasteiger partial charge in [-0.25, -0.2) is 16.8 Å². The molecule has 0 fully saturated rings. The first-order valence-electron chi connectivity index (χ1n) is 6.31. The Bertz CT molecular complexity index is 870. The molecule has 0 saturated carbocycles. The zero-order valence-corrected chi connectivity index (χ0v) is 17.8. The normalized spacial score (nSPS) is 15.7. The van der Waals surface area contributed by atoms with Crippen molar-refractivity contribution in [2.45, 2.75) is 46.6 Å². The summed E-state index contributed by atoms with van der Waals surface area (Å²) in [6.07, 6.45) is -14.3. The fourth-order valence-electron chi connectivity index (χ4n) is 1.04. The minimum Gasteiger partial charge on any atom is -0.743 e.